The fourth-order valence-electron chi connectivity index (χ4n) is 2.57. The number of hydrogen-bond acceptors (Lipinski definition) is 1. The summed E-state index contributed by atoms with van der Waals surface area (Å²) in [5, 5.41) is 0. The third kappa shape index (κ3) is 0.943. The van der Waals surface area contributed by atoms with Gasteiger partial charge in [0.15, 0.2) is 0 Å². The van der Waals surface area contributed by atoms with Crippen LogP contribution in [-0.4, -0.2) is 5.78 Å². The first-order valence-corrected chi connectivity index (χ1v) is 4.37. The number of Topliss-reactive ketones (excluding diaryl/α,β-unsaturated/α-hetero) is 1. The highest BCUT2D eigenvalue weighted by Gasteiger charge is 2.40. The van der Waals surface area contributed by atoms with E-state index in [1.807, 2.05) is 0 Å². The number of ketones is 1. The number of rotatable bonds is 1. The standard InChI is InChI=1S/C10H14O/c1-6-3-9-4-8(6)5-10(9)7(2)11/h3,8-10H,4-5H2,1-2H3. The normalized spacial score (nSPS) is 40.9. The molecular formula is C10H14O. The molecule has 2 aliphatic carbocycles. The molecule has 60 valence electrons. The van der Waals surface area contributed by atoms with Crippen LogP contribution in [0.15, 0.2) is 11.6 Å². The Hall–Kier alpha value is -0.590. The fourth-order valence-corrected chi connectivity index (χ4v) is 2.57. The maximum absolute atomic E-state index is 11.1. The Labute approximate surface area is 67.5 Å². The van der Waals surface area contributed by atoms with Crippen molar-refractivity contribution >= 4 is 5.78 Å². The number of hydrogen-bond donors (Lipinski definition) is 0. The van der Waals surface area contributed by atoms with E-state index in [0.717, 1.165) is 12.3 Å². The highest BCUT2D eigenvalue weighted by molar-refractivity contribution is 5.79. The summed E-state index contributed by atoms with van der Waals surface area (Å²) in [6.45, 7) is 3.93. The Morgan fingerprint density at radius 1 is 1.55 bits per heavy atom. The van der Waals surface area contributed by atoms with Gasteiger partial charge in [-0.3, -0.25) is 4.79 Å². The van der Waals surface area contributed by atoms with Crippen molar-refractivity contribution in [1.82, 2.24) is 0 Å². The van der Waals surface area contributed by atoms with Crippen molar-refractivity contribution in [3.63, 3.8) is 0 Å². The monoisotopic (exact) mass is 150 g/mol. The summed E-state index contributed by atoms with van der Waals surface area (Å²) in [6.07, 6.45) is 4.68. The van der Waals surface area contributed by atoms with Crippen LogP contribution in [0.4, 0.5) is 0 Å². The maximum atomic E-state index is 11.1. The Bertz CT molecular complexity index is 227. The van der Waals surface area contributed by atoms with E-state index in [4.69, 9.17) is 0 Å². The minimum absolute atomic E-state index is 0.365. The second-order valence-electron chi connectivity index (χ2n) is 3.96. The molecule has 0 aromatic heterocycles. The lowest BCUT2D eigenvalue weighted by Gasteiger charge is -2.16. The smallest absolute Gasteiger partial charge is 0.133 e. The van der Waals surface area contributed by atoms with Crippen molar-refractivity contribution in [3.05, 3.63) is 11.6 Å². The molecule has 0 saturated heterocycles. The predicted octanol–water partition coefficient (Wildman–Crippen LogP) is 2.18. The molecule has 0 aliphatic heterocycles. The van der Waals surface area contributed by atoms with Crippen LogP contribution in [0.5, 0.6) is 0 Å². The van der Waals surface area contributed by atoms with Crippen molar-refractivity contribution in [1.29, 1.82) is 0 Å². The quantitative estimate of drug-likeness (QED) is 0.523. The highest BCUT2D eigenvalue weighted by Crippen LogP contribution is 2.47. The number of carbonyl (C=O) groups is 1. The average Bonchev–Trinajstić information content (AvgIpc) is 2.43. The zero-order valence-electron chi connectivity index (χ0n) is 7.13. The predicted molar refractivity (Wildman–Crippen MR) is 44.1 cm³/mol. The van der Waals surface area contributed by atoms with Gasteiger partial charge in [-0.25, -0.2) is 0 Å². The van der Waals surface area contributed by atoms with Gasteiger partial charge in [-0.1, -0.05) is 11.6 Å². The topological polar surface area (TPSA) is 17.1 Å². The van der Waals surface area contributed by atoms with Crippen LogP contribution in [0.1, 0.15) is 26.7 Å². The molecule has 1 saturated carbocycles. The summed E-state index contributed by atoms with van der Waals surface area (Å²) in [6, 6.07) is 0. The number of fused-ring (bicyclic) bond motifs is 2. The third-order valence-electron chi connectivity index (χ3n) is 3.26. The van der Waals surface area contributed by atoms with E-state index in [0.29, 0.717) is 17.6 Å². The van der Waals surface area contributed by atoms with Gasteiger partial charge in [0.2, 0.25) is 0 Å². The summed E-state index contributed by atoms with van der Waals surface area (Å²) >= 11 is 0. The summed E-state index contributed by atoms with van der Waals surface area (Å²) in [5.41, 5.74) is 1.52. The summed E-state index contributed by atoms with van der Waals surface area (Å²) < 4.78 is 0. The van der Waals surface area contributed by atoms with Crippen LogP contribution in [-0.2, 0) is 4.79 Å². The van der Waals surface area contributed by atoms with E-state index < -0.39 is 0 Å². The van der Waals surface area contributed by atoms with Gasteiger partial charge < -0.3 is 0 Å². The Morgan fingerprint density at radius 3 is 2.64 bits per heavy atom. The van der Waals surface area contributed by atoms with Crippen molar-refractivity contribution in [2.45, 2.75) is 26.7 Å². The van der Waals surface area contributed by atoms with Crippen molar-refractivity contribution in [2.75, 3.05) is 0 Å². The molecule has 2 rings (SSSR count). The summed E-state index contributed by atoms with van der Waals surface area (Å²) in [4.78, 5) is 11.1. The van der Waals surface area contributed by atoms with Crippen molar-refractivity contribution in [2.24, 2.45) is 17.8 Å². The fraction of sp³-hybridized carbons (Fsp3) is 0.700. The van der Waals surface area contributed by atoms with Gasteiger partial charge in [-0.15, -0.1) is 0 Å². The molecule has 0 amide bonds. The lowest BCUT2D eigenvalue weighted by Crippen LogP contribution is -2.16. The molecular weight excluding hydrogens is 136 g/mol. The minimum atomic E-state index is 0.365. The van der Waals surface area contributed by atoms with Crippen molar-refractivity contribution in [3.8, 4) is 0 Å². The minimum Gasteiger partial charge on any atom is -0.300 e. The zero-order chi connectivity index (χ0) is 8.01. The van der Waals surface area contributed by atoms with Gasteiger partial charge in [0.1, 0.15) is 5.78 Å². The summed E-state index contributed by atoms with van der Waals surface area (Å²) in [7, 11) is 0. The van der Waals surface area contributed by atoms with Crippen LogP contribution < -0.4 is 0 Å². The Morgan fingerprint density at radius 2 is 2.27 bits per heavy atom. The molecule has 0 spiro atoms. The van der Waals surface area contributed by atoms with E-state index >= 15 is 0 Å². The second-order valence-corrected chi connectivity index (χ2v) is 3.96. The van der Waals surface area contributed by atoms with Gasteiger partial charge in [0.05, 0.1) is 0 Å². The first-order chi connectivity index (χ1) is 5.18. The zero-order valence-corrected chi connectivity index (χ0v) is 7.13. The molecule has 1 heteroatoms. The van der Waals surface area contributed by atoms with Crippen LogP contribution in [0, 0.1) is 17.8 Å². The molecule has 2 aliphatic rings. The molecule has 0 N–H and O–H groups in total. The lowest BCUT2D eigenvalue weighted by atomic mass is 9.88. The van der Waals surface area contributed by atoms with E-state index in [1.54, 1.807) is 6.92 Å². The van der Waals surface area contributed by atoms with Gasteiger partial charge in [0.25, 0.3) is 0 Å². The van der Waals surface area contributed by atoms with Crippen LogP contribution in [0.3, 0.4) is 0 Å². The molecule has 3 atom stereocenters. The van der Waals surface area contributed by atoms with Gasteiger partial charge in [-0.05, 0) is 38.5 Å². The molecule has 0 radical (unpaired) electrons. The molecule has 0 aromatic rings. The van der Waals surface area contributed by atoms with Crippen molar-refractivity contribution < 1.29 is 4.79 Å². The Balaban J connectivity index is 2.19. The van der Waals surface area contributed by atoms with E-state index in [2.05, 4.69) is 13.0 Å². The first-order valence-electron chi connectivity index (χ1n) is 4.37. The molecule has 0 heterocycles. The van der Waals surface area contributed by atoms with E-state index in [1.165, 1.54) is 12.0 Å². The SMILES string of the molecule is CC(=O)C1CC2CC1C=C2C. The lowest BCUT2D eigenvalue weighted by molar-refractivity contribution is -0.121. The molecule has 11 heavy (non-hydrogen) atoms. The molecule has 0 aromatic carbocycles. The van der Waals surface area contributed by atoms with E-state index in [-0.39, 0.29) is 0 Å². The maximum Gasteiger partial charge on any atom is 0.133 e. The van der Waals surface area contributed by atoms with Crippen LogP contribution in [0.2, 0.25) is 0 Å². The molecule has 1 nitrogen and oxygen atoms in total. The van der Waals surface area contributed by atoms with Gasteiger partial charge in [0, 0.05) is 5.92 Å². The van der Waals surface area contributed by atoms with Gasteiger partial charge in [-0.2, -0.15) is 0 Å². The number of carbonyl (C=O) groups excluding carboxylic acids is 1. The molecule has 2 bridgehead atoms. The van der Waals surface area contributed by atoms with Crippen LogP contribution >= 0.6 is 0 Å². The largest absolute Gasteiger partial charge is 0.300 e. The molecule has 3 unspecified atom stereocenters. The van der Waals surface area contributed by atoms with Crippen LogP contribution in [0.25, 0.3) is 0 Å². The third-order valence-corrected chi connectivity index (χ3v) is 3.26. The average molecular weight is 150 g/mol. The first kappa shape index (κ1) is 7.08. The van der Waals surface area contributed by atoms with Gasteiger partial charge >= 0.3 is 0 Å². The highest BCUT2D eigenvalue weighted by atomic mass is 16.1. The second kappa shape index (κ2) is 2.20. The summed E-state index contributed by atoms with van der Waals surface area (Å²) in [5.74, 6) is 2.09. The van der Waals surface area contributed by atoms with E-state index in [9.17, 15) is 4.79 Å². The molecule has 1 fully saturated rings. The number of allylic oxidation sites excluding steroid dienone is 2. The Kier molecular flexibility index (Phi) is 1.41.